The molecule has 0 saturated carbocycles. The Morgan fingerprint density at radius 1 is 0.923 bits per heavy atom. The van der Waals surface area contributed by atoms with Crippen LogP contribution in [0.4, 0.5) is 5.69 Å². The maximum atomic E-state index is 13.1. The number of anilines is 1. The zero-order valence-electron chi connectivity index (χ0n) is 14.9. The number of hydrogen-bond acceptors (Lipinski definition) is 3. The molecule has 1 N–H and O–H groups in total. The molecular weight excluding hydrogens is 344 g/mol. The van der Waals surface area contributed by atoms with Gasteiger partial charge in [0.25, 0.3) is 11.8 Å². The zero-order valence-corrected chi connectivity index (χ0v) is 15.7. The van der Waals surface area contributed by atoms with Crippen molar-refractivity contribution < 1.29 is 9.59 Å². The van der Waals surface area contributed by atoms with E-state index in [0.29, 0.717) is 5.56 Å². The molecule has 1 fully saturated rings. The quantitative estimate of drug-likeness (QED) is 0.867. The number of fused-ring (bicyclic) bond motifs is 1. The Balaban J connectivity index is 1.66. The van der Waals surface area contributed by atoms with Crippen LogP contribution in [0, 0.1) is 0 Å². The van der Waals surface area contributed by atoms with E-state index in [-0.39, 0.29) is 11.8 Å². The number of amides is 2. The third-order valence-corrected chi connectivity index (χ3v) is 6.56. The summed E-state index contributed by atoms with van der Waals surface area (Å²) in [6.45, 7) is 1.65. The van der Waals surface area contributed by atoms with Crippen LogP contribution < -0.4 is 5.32 Å². The van der Waals surface area contributed by atoms with E-state index in [1.807, 2.05) is 23.1 Å². The molecule has 1 saturated heterocycles. The van der Waals surface area contributed by atoms with E-state index < -0.39 is 0 Å². The molecule has 1 aromatic heterocycles. The predicted octanol–water partition coefficient (Wildman–Crippen LogP) is 4.51. The number of carbonyl (C=O) groups excluding carboxylic acids is 2. The maximum Gasteiger partial charge on any atom is 0.266 e. The summed E-state index contributed by atoms with van der Waals surface area (Å²) in [5, 5.41) is 3.08. The fraction of sp³-hybridized carbons (Fsp3) is 0.429. The molecule has 2 aliphatic rings. The number of hydrogen-bond donors (Lipinski definition) is 1. The smallest absolute Gasteiger partial charge is 0.266 e. The van der Waals surface area contributed by atoms with Crippen LogP contribution >= 0.6 is 11.3 Å². The highest BCUT2D eigenvalue weighted by Crippen LogP contribution is 2.39. The van der Waals surface area contributed by atoms with E-state index >= 15 is 0 Å². The molecule has 1 aliphatic heterocycles. The van der Waals surface area contributed by atoms with Crippen molar-refractivity contribution in [2.75, 3.05) is 18.4 Å². The molecule has 0 spiro atoms. The first-order chi connectivity index (χ1) is 12.7. The van der Waals surface area contributed by atoms with E-state index in [4.69, 9.17) is 0 Å². The van der Waals surface area contributed by atoms with Gasteiger partial charge in [-0.2, -0.15) is 0 Å². The highest BCUT2D eigenvalue weighted by atomic mass is 32.1. The zero-order chi connectivity index (χ0) is 17.9. The Hall–Kier alpha value is -2.14. The molecule has 0 bridgehead atoms. The number of piperidine rings is 1. The lowest BCUT2D eigenvalue weighted by Crippen LogP contribution is -2.35. The first kappa shape index (κ1) is 17.3. The average Bonchev–Trinajstić information content (AvgIpc) is 3.07. The summed E-state index contributed by atoms with van der Waals surface area (Å²) in [7, 11) is 0. The van der Waals surface area contributed by atoms with Crippen molar-refractivity contribution in [3.63, 3.8) is 0 Å². The van der Waals surface area contributed by atoms with Gasteiger partial charge in [0.15, 0.2) is 0 Å². The first-order valence-electron chi connectivity index (χ1n) is 9.54. The lowest BCUT2D eigenvalue weighted by molar-refractivity contribution is 0.0730. The van der Waals surface area contributed by atoms with Crippen molar-refractivity contribution in [1.82, 2.24) is 4.90 Å². The maximum absolute atomic E-state index is 13.1. The van der Waals surface area contributed by atoms with Crippen LogP contribution in [0.15, 0.2) is 30.3 Å². The molecule has 4 nitrogen and oxygen atoms in total. The van der Waals surface area contributed by atoms with Gasteiger partial charge in [0.2, 0.25) is 0 Å². The molecule has 26 heavy (non-hydrogen) atoms. The molecule has 0 unspecified atom stereocenters. The molecular formula is C21H24N2O2S. The molecule has 5 heteroatoms. The summed E-state index contributed by atoms with van der Waals surface area (Å²) in [4.78, 5) is 29.8. The van der Waals surface area contributed by atoms with Crippen molar-refractivity contribution in [3.8, 4) is 0 Å². The summed E-state index contributed by atoms with van der Waals surface area (Å²) >= 11 is 1.59. The lowest BCUT2D eigenvalue weighted by atomic mass is 9.97. The second-order valence-electron chi connectivity index (χ2n) is 7.09. The molecule has 2 amide bonds. The van der Waals surface area contributed by atoms with Crippen molar-refractivity contribution in [3.05, 3.63) is 51.2 Å². The van der Waals surface area contributed by atoms with Crippen LogP contribution in [0.2, 0.25) is 0 Å². The summed E-state index contributed by atoms with van der Waals surface area (Å²) < 4.78 is 0. The van der Waals surface area contributed by atoms with Crippen molar-refractivity contribution in [2.24, 2.45) is 0 Å². The summed E-state index contributed by atoms with van der Waals surface area (Å²) in [6, 6.07) is 9.23. The third kappa shape index (κ3) is 3.40. The van der Waals surface area contributed by atoms with Crippen LogP contribution in [-0.2, 0) is 12.8 Å². The van der Waals surface area contributed by atoms with E-state index in [1.54, 1.807) is 23.5 Å². The van der Waals surface area contributed by atoms with Crippen LogP contribution in [0.25, 0.3) is 0 Å². The first-order valence-corrected chi connectivity index (χ1v) is 10.4. The second kappa shape index (κ2) is 7.62. The Kier molecular flexibility index (Phi) is 5.07. The normalized spacial score (nSPS) is 16.8. The largest absolute Gasteiger partial charge is 0.338 e. The minimum absolute atomic E-state index is 0.0902. The number of benzene rings is 1. The van der Waals surface area contributed by atoms with Gasteiger partial charge < -0.3 is 10.2 Å². The number of likely N-dealkylation sites (tertiary alicyclic amines) is 1. The van der Waals surface area contributed by atoms with E-state index in [9.17, 15) is 9.59 Å². The molecule has 0 atom stereocenters. The summed E-state index contributed by atoms with van der Waals surface area (Å²) in [5.41, 5.74) is 2.58. The highest BCUT2D eigenvalue weighted by Gasteiger charge is 2.29. The summed E-state index contributed by atoms with van der Waals surface area (Å²) in [5.74, 6) is -0.0445. The molecule has 2 aromatic rings. The monoisotopic (exact) mass is 368 g/mol. The molecule has 4 rings (SSSR count). The fourth-order valence-electron chi connectivity index (χ4n) is 3.86. The molecule has 0 radical (unpaired) electrons. The van der Waals surface area contributed by atoms with E-state index in [1.165, 1.54) is 16.9 Å². The minimum atomic E-state index is -0.135. The Morgan fingerprint density at radius 2 is 1.65 bits per heavy atom. The van der Waals surface area contributed by atoms with Gasteiger partial charge in [0, 0.05) is 23.5 Å². The van der Waals surface area contributed by atoms with Crippen molar-refractivity contribution in [2.45, 2.75) is 44.9 Å². The minimum Gasteiger partial charge on any atom is -0.338 e. The average molecular weight is 369 g/mol. The Labute approximate surface area is 158 Å². The number of aryl methyl sites for hydroxylation is 1. The fourth-order valence-corrected chi connectivity index (χ4v) is 5.18. The Morgan fingerprint density at radius 3 is 2.42 bits per heavy atom. The molecule has 136 valence electrons. The number of nitrogens with one attached hydrogen (secondary N) is 1. The number of carbonyl (C=O) groups is 2. The van der Waals surface area contributed by atoms with Gasteiger partial charge in [-0.15, -0.1) is 11.3 Å². The van der Waals surface area contributed by atoms with Gasteiger partial charge in [-0.3, -0.25) is 9.59 Å². The van der Waals surface area contributed by atoms with E-state index in [0.717, 1.165) is 62.2 Å². The van der Waals surface area contributed by atoms with Gasteiger partial charge in [-0.05, 0) is 62.6 Å². The van der Waals surface area contributed by atoms with Gasteiger partial charge in [-0.1, -0.05) is 18.2 Å². The van der Waals surface area contributed by atoms with Gasteiger partial charge in [-0.25, -0.2) is 0 Å². The predicted molar refractivity (Wildman–Crippen MR) is 105 cm³/mol. The molecule has 1 aromatic carbocycles. The number of nitrogens with zero attached hydrogens (tertiary/aromatic N) is 1. The van der Waals surface area contributed by atoms with Crippen LogP contribution in [-0.4, -0.2) is 29.8 Å². The van der Waals surface area contributed by atoms with Gasteiger partial charge in [0.05, 0.1) is 5.69 Å². The van der Waals surface area contributed by atoms with E-state index in [2.05, 4.69) is 5.32 Å². The molecule has 1 aliphatic carbocycles. The SMILES string of the molecule is O=C(Nc1c(C(=O)N2CCCCC2)sc2c1CCCC2)c1ccccc1. The lowest BCUT2D eigenvalue weighted by Gasteiger charge is -2.26. The molecule has 2 heterocycles. The van der Waals surface area contributed by atoms with Crippen molar-refractivity contribution >= 4 is 28.8 Å². The van der Waals surface area contributed by atoms with Crippen LogP contribution in [0.5, 0.6) is 0 Å². The Bertz CT molecular complexity index is 807. The third-order valence-electron chi connectivity index (χ3n) is 5.28. The number of rotatable bonds is 3. The standard InChI is InChI=1S/C21H24N2O2S/c24-20(15-9-3-1-4-10-15)22-18-16-11-5-6-12-17(16)26-19(18)21(25)23-13-7-2-8-14-23/h1,3-4,9-10H,2,5-8,11-14H2,(H,22,24). The van der Waals surface area contributed by atoms with Crippen LogP contribution in [0.1, 0.15) is 62.6 Å². The highest BCUT2D eigenvalue weighted by molar-refractivity contribution is 7.15. The second-order valence-corrected chi connectivity index (χ2v) is 8.19. The topological polar surface area (TPSA) is 49.4 Å². The number of thiophene rings is 1. The summed E-state index contributed by atoms with van der Waals surface area (Å²) in [6.07, 6.45) is 7.59. The van der Waals surface area contributed by atoms with Gasteiger partial charge in [0.1, 0.15) is 4.88 Å². The van der Waals surface area contributed by atoms with Crippen molar-refractivity contribution in [1.29, 1.82) is 0 Å². The van der Waals surface area contributed by atoms with Crippen LogP contribution in [0.3, 0.4) is 0 Å². The van der Waals surface area contributed by atoms with Gasteiger partial charge >= 0.3 is 0 Å².